The Morgan fingerprint density at radius 3 is 3.00 bits per heavy atom. The fourth-order valence-corrected chi connectivity index (χ4v) is 1.92. The van der Waals surface area contributed by atoms with Crippen molar-refractivity contribution in [2.75, 3.05) is 13.2 Å². The van der Waals surface area contributed by atoms with E-state index in [9.17, 15) is 4.79 Å². The lowest BCUT2D eigenvalue weighted by Crippen LogP contribution is -2.23. The quantitative estimate of drug-likeness (QED) is 0.840. The van der Waals surface area contributed by atoms with E-state index in [1.807, 2.05) is 32.0 Å². The summed E-state index contributed by atoms with van der Waals surface area (Å²) in [6.07, 6.45) is 1.63. The molecule has 19 heavy (non-hydrogen) atoms. The van der Waals surface area contributed by atoms with E-state index >= 15 is 0 Å². The molecule has 0 atom stereocenters. The summed E-state index contributed by atoms with van der Waals surface area (Å²) in [4.78, 5) is 11.9. The van der Waals surface area contributed by atoms with Crippen LogP contribution >= 0.6 is 0 Å². The predicted molar refractivity (Wildman–Crippen MR) is 74.7 cm³/mol. The summed E-state index contributed by atoms with van der Waals surface area (Å²) >= 11 is 0. The Balaban J connectivity index is 2.39. The summed E-state index contributed by atoms with van der Waals surface area (Å²) in [5, 5.41) is 3.61. The molecule has 0 saturated heterocycles. The van der Waals surface area contributed by atoms with Gasteiger partial charge in [-0.1, -0.05) is 6.08 Å². The van der Waals surface area contributed by atoms with Crippen LogP contribution in [0.1, 0.15) is 23.0 Å². The molecular formula is C15H17NO3. The van der Waals surface area contributed by atoms with Gasteiger partial charge in [0.15, 0.2) is 5.76 Å². The van der Waals surface area contributed by atoms with Crippen molar-refractivity contribution in [3.05, 3.63) is 42.2 Å². The van der Waals surface area contributed by atoms with Crippen molar-refractivity contribution in [3.63, 3.8) is 0 Å². The molecular weight excluding hydrogens is 242 g/mol. The number of fused-ring (bicyclic) bond motifs is 1. The average Bonchev–Trinajstić information content (AvgIpc) is 2.74. The monoisotopic (exact) mass is 259 g/mol. The third-order valence-electron chi connectivity index (χ3n) is 2.83. The number of benzene rings is 1. The SMILES string of the molecule is C=CCNC(=O)c1oc2ccc(OCC)cc2c1C. The van der Waals surface area contributed by atoms with Gasteiger partial charge in [-0.15, -0.1) is 6.58 Å². The molecule has 0 aliphatic carbocycles. The first-order chi connectivity index (χ1) is 9.17. The zero-order chi connectivity index (χ0) is 13.8. The van der Waals surface area contributed by atoms with E-state index in [1.54, 1.807) is 6.08 Å². The van der Waals surface area contributed by atoms with Gasteiger partial charge in [-0.05, 0) is 32.0 Å². The largest absolute Gasteiger partial charge is 0.494 e. The predicted octanol–water partition coefficient (Wildman–Crippen LogP) is 3.06. The minimum Gasteiger partial charge on any atom is -0.494 e. The molecule has 1 heterocycles. The molecule has 1 N–H and O–H groups in total. The van der Waals surface area contributed by atoms with Crippen molar-refractivity contribution in [1.29, 1.82) is 0 Å². The van der Waals surface area contributed by atoms with Gasteiger partial charge in [0.05, 0.1) is 6.61 Å². The van der Waals surface area contributed by atoms with Gasteiger partial charge in [-0.25, -0.2) is 0 Å². The Kier molecular flexibility index (Phi) is 3.90. The molecule has 0 radical (unpaired) electrons. The Labute approximate surface area is 112 Å². The molecule has 2 rings (SSSR count). The highest BCUT2D eigenvalue weighted by Crippen LogP contribution is 2.28. The molecule has 0 unspecified atom stereocenters. The normalized spacial score (nSPS) is 10.4. The van der Waals surface area contributed by atoms with Gasteiger partial charge in [-0.3, -0.25) is 4.79 Å². The fraction of sp³-hybridized carbons (Fsp3) is 0.267. The van der Waals surface area contributed by atoms with Crippen molar-refractivity contribution in [2.45, 2.75) is 13.8 Å². The second-order valence-electron chi connectivity index (χ2n) is 4.15. The summed E-state index contributed by atoms with van der Waals surface area (Å²) in [5.74, 6) is 0.883. The molecule has 1 aromatic carbocycles. The number of hydrogen-bond acceptors (Lipinski definition) is 3. The maximum atomic E-state index is 11.9. The van der Waals surface area contributed by atoms with Gasteiger partial charge in [0.25, 0.3) is 5.91 Å². The summed E-state index contributed by atoms with van der Waals surface area (Å²) in [6, 6.07) is 5.54. The Hall–Kier alpha value is -2.23. The number of amides is 1. The average molecular weight is 259 g/mol. The van der Waals surface area contributed by atoms with E-state index in [2.05, 4.69) is 11.9 Å². The first-order valence-electron chi connectivity index (χ1n) is 6.22. The lowest BCUT2D eigenvalue weighted by Gasteiger charge is -2.01. The molecule has 0 bridgehead atoms. The van der Waals surface area contributed by atoms with Gasteiger partial charge in [0, 0.05) is 17.5 Å². The Morgan fingerprint density at radius 2 is 2.32 bits per heavy atom. The van der Waals surface area contributed by atoms with E-state index in [0.29, 0.717) is 24.5 Å². The van der Waals surface area contributed by atoms with Crippen LogP contribution in [0.25, 0.3) is 11.0 Å². The molecule has 4 nitrogen and oxygen atoms in total. The second-order valence-corrected chi connectivity index (χ2v) is 4.15. The zero-order valence-electron chi connectivity index (χ0n) is 11.2. The maximum Gasteiger partial charge on any atom is 0.287 e. The molecule has 2 aromatic rings. The van der Waals surface area contributed by atoms with Gasteiger partial charge in [0.2, 0.25) is 0 Å². The standard InChI is InChI=1S/C15H17NO3/c1-4-8-16-15(17)14-10(3)12-9-11(18-5-2)6-7-13(12)19-14/h4,6-7,9H,1,5,8H2,2-3H3,(H,16,17). The second kappa shape index (κ2) is 5.61. The zero-order valence-corrected chi connectivity index (χ0v) is 11.2. The van der Waals surface area contributed by atoms with E-state index in [1.165, 1.54) is 0 Å². The van der Waals surface area contributed by atoms with E-state index in [0.717, 1.165) is 16.7 Å². The van der Waals surface area contributed by atoms with Crippen LogP contribution in [0, 0.1) is 6.92 Å². The third-order valence-corrected chi connectivity index (χ3v) is 2.83. The summed E-state index contributed by atoms with van der Waals surface area (Å²) in [6.45, 7) is 8.38. The number of hydrogen-bond donors (Lipinski definition) is 1. The molecule has 0 aliphatic heterocycles. The summed E-state index contributed by atoms with van der Waals surface area (Å²) in [5.41, 5.74) is 1.50. The van der Waals surface area contributed by atoms with Crippen LogP contribution in [0.15, 0.2) is 35.3 Å². The highest BCUT2D eigenvalue weighted by atomic mass is 16.5. The Morgan fingerprint density at radius 1 is 1.53 bits per heavy atom. The number of nitrogens with one attached hydrogen (secondary N) is 1. The van der Waals surface area contributed by atoms with E-state index < -0.39 is 0 Å². The van der Waals surface area contributed by atoms with Gasteiger partial charge < -0.3 is 14.5 Å². The van der Waals surface area contributed by atoms with E-state index in [-0.39, 0.29) is 5.91 Å². The smallest absolute Gasteiger partial charge is 0.287 e. The van der Waals surface area contributed by atoms with Crippen LogP contribution in [0.5, 0.6) is 5.75 Å². The number of aryl methyl sites for hydroxylation is 1. The molecule has 1 aromatic heterocycles. The number of furan rings is 1. The number of carbonyl (C=O) groups is 1. The van der Waals surface area contributed by atoms with Gasteiger partial charge in [-0.2, -0.15) is 0 Å². The van der Waals surface area contributed by atoms with Crippen molar-refractivity contribution in [1.82, 2.24) is 5.32 Å². The Bertz CT molecular complexity index is 613. The first-order valence-corrected chi connectivity index (χ1v) is 6.22. The van der Waals surface area contributed by atoms with Crippen LogP contribution < -0.4 is 10.1 Å². The molecule has 100 valence electrons. The highest BCUT2D eigenvalue weighted by molar-refractivity contribution is 5.99. The summed E-state index contributed by atoms with van der Waals surface area (Å²) < 4.78 is 11.0. The summed E-state index contributed by atoms with van der Waals surface area (Å²) in [7, 11) is 0. The van der Waals surface area contributed by atoms with Crippen LogP contribution in [-0.4, -0.2) is 19.1 Å². The van der Waals surface area contributed by atoms with Crippen LogP contribution in [-0.2, 0) is 0 Å². The molecule has 4 heteroatoms. The highest BCUT2D eigenvalue weighted by Gasteiger charge is 2.17. The topological polar surface area (TPSA) is 51.5 Å². The lowest BCUT2D eigenvalue weighted by atomic mass is 10.1. The molecule has 1 amide bonds. The van der Waals surface area contributed by atoms with Crippen molar-refractivity contribution in [2.24, 2.45) is 0 Å². The van der Waals surface area contributed by atoms with Crippen LogP contribution in [0.4, 0.5) is 0 Å². The fourth-order valence-electron chi connectivity index (χ4n) is 1.92. The maximum absolute atomic E-state index is 11.9. The van der Waals surface area contributed by atoms with Crippen molar-refractivity contribution < 1.29 is 13.9 Å². The third kappa shape index (κ3) is 2.62. The molecule has 0 saturated carbocycles. The minimum atomic E-state index is -0.230. The number of ether oxygens (including phenoxy) is 1. The van der Waals surface area contributed by atoms with Crippen molar-refractivity contribution >= 4 is 16.9 Å². The van der Waals surface area contributed by atoms with E-state index in [4.69, 9.17) is 9.15 Å². The van der Waals surface area contributed by atoms with Crippen LogP contribution in [0.2, 0.25) is 0 Å². The van der Waals surface area contributed by atoms with Crippen LogP contribution in [0.3, 0.4) is 0 Å². The first kappa shape index (κ1) is 13.2. The minimum absolute atomic E-state index is 0.230. The number of rotatable bonds is 5. The number of carbonyl (C=O) groups excluding carboxylic acids is 1. The molecule has 0 fully saturated rings. The van der Waals surface area contributed by atoms with Gasteiger partial charge in [0.1, 0.15) is 11.3 Å². The lowest BCUT2D eigenvalue weighted by molar-refractivity contribution is 0.0931. The molecule has 0 aliphatic rings. The molecule has 0 spiro atoms. The van der Waals surface area contributed by atoms with Gasteiger partial charge >= 0.3 is 0 Å². The van der Waals surface area contributed by atoms with Crippen molar-refractivity contribution in [3.8, 4) is 5.75 Å².